The Hall–Kier alpha value is -2.19. The first-order valence-electron chi connectivity index (χ1n) is 9.25. The summed E-state index contributed by atoms with van der Waals surface area (Å²) in [6, 6.07) is 7.94. The topological polar surface area (TPSA) is 84.3 Å². The number of aryl methyl sites for hydroxylation is 1. The molecular weight excluding hydrogens is 364 g/mol. The number of piperidine rings is 1. The Labute approximate surface area is 160 Å². The minimum Gasteiger partial charge on any atom is -0.352 e. The van der Waals surface area contributed by atoms with Gasteiger partial charge in [0.1, 0.15) is 5.82 Å². The van der Waals surface area contributed by atoms with E-state index in [4.69, 9.17) is 0 Å². The van der Waals surface area contributed by atoms with Crippen LogP contribution in [0.2, 0.25) is 0 Å². The number of nitrogens with one attached hydrogen (secondary N) is 1. The molecule has 1 amide bonds. The number of carbonyl (C=O) groups excluding carboxylic acids is 1. The highest BCUT2D eigenvalue weighted by Gasteiger charge is 2.31. The lowest BCUT2D eigenvalue weighted by Gasteiger charge is -2.30. The molecule has 27 heavy (non-hydrogen) atoms. The summed E-state index contributed by atoms with van der Waals surface area (Å²) in [6.07, 6.45) is 5.11. The van der Waals surface area contributed by atoms with Gasteiger partial charge in [-0.1, -0.05) is 12.1 Å². The van der Waals surface area contributed by atoms with Crippen LogP contribution in [0.1, 0.15) is 31.2 Å². The highest BCUT2D eigenvalue weighted by molar-refractivity contribution is 7.89. The summed E-state index contributed by atoms with van der Waals surface area (Å²) in [5.41, 5.74) is 2.02. The lowest BCUT2D eigenvalue weighted by atomic mass is 9.99. The van der Waals surface area contributed by atoms with Gasteiger partial charge in [-0.15, -0.1) is 0 Å². The van der Waals surface area contributed by atoms with E-state index in [1.807, 2.05) is 42.0 Å². The molecule has 1 atom stereocenters. The van der Waals surface area contributed by atoms with E-state index in [-0.39, 0.29) is 24.1 Å². The number of benzene rings is 1. The van der Waals surface area contributed by atoms with Crippen LogP contribution in [0.15, 0.2) is 36.7 Å². The largest absolute Gasteiger partial charge is 0.352 e. The predicted molar refractivity (Wildman–Crippen MR) is 104 cm³/mol. The predicted octanol–water partition coefficient (Wildman–Crippen LogP) is 1.86. The summed E-state index contributed by atoms with van der Waals surface area (Å²) in [5.74, 6) is 0.623. The zero-order chi connectivity index (χ0) is 19.4. The third-order valence-corrected chi connectivity index (χ3v) is 6.87. The van der Waals surface area contributed by atoms with E-state index in [0.717, 1.165) is 29.9 Å². The molecule has 1 aliphatic rings. The Balaban J connectivity index is 1.57. The van der Waals surface area contributed by atoms with Crippen molar-refractivity contribution < 1.29 is 13.2 Å². The van der Waals surface area contributed by atoms with E-state index in [1.54, 1.807) is 13.1 Å². The Morgan fingerprint density at radius 3 is 2.67 bits per heavy atom. The quantitative estimate of drug-likeness (QED) is 0.816. The van der Waals surface area contributed by atoms with Gasteiger partial charge < -0.3 is 9.88 Å². The van der Waals surface area contributed by atoms with Crippen LogP contribution in [0.3, 0.4) is 0 Å². The fourth-order valence-corrected chi connectivity index (χ4v) is 4.53. The van der Waals surface area contributed by atoms with Crippen molar-refractivity contribution in [1.82, 2.24) is 19.2 Å². The Morgan fingerprint density at radius 2 is 2.04 bits per heavy atom. The molecule has 1 fully saturated rings. The maximum absolute atomic E-state index is 12.5. The number of hydrogen-bond donors (Lipinski definition) is 1. The number of amides is 1. The average molecular weight is 391 g/mol. The molecule has 3 rings (SSSR count). The molecular formula is C19H26N4O3S. The average Bonchev–Trinajstić information content (AvgIpc) is 3.12. The van der Waals surface area contributed by atoms with Gasteiger partial charge in [0.25, 0.3) is 0 Å². The van der Waals surface area contributed by atoms with Crippen molar-refractivity contribution in [2.24, 2.45) is 5.92 Å². The van der Waals surface area contributed by atoms with Crippen LogP contribution in [0.25, 0.3) is 5.69 Å². The molecule has 8 heteroatoms. The molecule has 146 valence electrons. The number of sulfonamides is 1. The first-order valence-corrected chi connectivity index (χ1v) is 10.9. The molecule has 0 radical (unpaired) electrons. The second kappa shape index (κ2) is 8.22. The summed E-state index contributed by atoms with van der Waals surface area (Å²) in [4.78, 5) is 16.7. The third kappa shape index (κ3) is 4.56. The Kier molecular flexibility index (Phi) is 5.96. The summed E-state index contributed by atoms with van der Waals surface area (Å²) < 4.78 is 27.5. The number of carbonyl (C=O) groups is 1. The number of imidazole rings is 1. The first-order chi connectivity index (χ1) is 12.9. The van der Waals surface area contributed by atoms with Crippen LogP contribution in [0, 0.1) is 12.8 Å². The molecule has 0 aliphatic carbocycles. The van der Waals surface area contributed by atoms with Crippen molar-refractivity contribution in [3.8, 4) is 5.69 Å². The van der Waals surface area contributed by atoms with E-state index in [1.165, 1.54) is 4.31 Å². The van der Waals surface area contributed by atoms with Gasteiger partial charge in [0.05, 0.1) is 11.7 Å². The van der Waals surface area contributed by atoms with Gasteiger partial charge >= 0.3 is 0 Å². The van der Waals surface area contributed by atoms with Crippen LogP contribution < -0.4 is 5.32 Å². The fraction of sp³-hybridized carbons (Fsp3) is 0.474. The normalized spacial score (nSPS) is 18.4. The van der Waals surface area contributed by atoms with Gasteiger partial charge in [0.15, 0.2) is 0 Å². The second-order valence-electron chi connectivity index (χ2n) is 6.83. The molecule has 0 unspecified atom stereocenters. The van der Waals surface area contributed by atoms with Crippen LogP contribution in [0.4, 0.5) is 0 Å². The lowest BCUT2D eigenvalue weighted by molar-refractivity contribution is -0.126. The standard InChI is InChI=1S/C19H26N4O3S/c1-3-27(25,26)22-11-4-5-17(14-22)19(24)21-13-16-6-8-18(9-7-16)23-12-10-20-15(23)2/h6-10,12,17H,3-5,11,13-14H2,1-2H3,(H,21,24)/t17-/m0/s1. The molecule has 1 aromatic carbocycles. The van der Waals surface area contributed by atoms with E-state index < -0.39 is 10.0 Å². The highest BCUT2D eigenvalue weighted by atomic mass is 32.2. The Morgan fingerprint density at radius 1 is 1.30 bits per heavy atom. The van der Waals surface area contributed by atoms with Crippen molar-refractivity contribution in [3.63, 3.8) is 0 Å². The van der Waals surface area contributed by atoms with Gasteiger partial charge in [0.2, 0.25) is 15.9 Å². The molecule has 0 bridgehead atoms. The molecule has 0 spiro atoms. The maximum atomic E-state index is 12.5. The summed E-state index contributed by atoms with van der Waals surface area (Å²) in [6.45, 7) is 4.79. The number of aromatic nitrogens is 2. The zero-order valence-electron chi connectivity index (χ0n) is 15.8. The van der Waals surface area contributed by atoms with Crippen LogP contribution in [-0.2, 0) is 21.4 Å². The minimum absolute atomic E-state index is 0.0735. The molecule has 1 aliphatic heterocycles. The minimum atomic E-state index is -3.24. The van der Waals surface area contributed by atoms with Gasteiger partial charge in [-0.2, -0.15) is 0 Å². The molecule has 0 saturated carbocycles. The molecule has 2 heterocycles. The summed E-state index contributed by atoms with van der Waals surface area (Å²) >= 11 is 0. The van der Waals surface area contributed by atoms with E-state index >= 15 is 0 Å². The number of nitrogens with zero attached hydrogens (tertiary/aromatic N) is 3. The van der Waals surface area contributed by atoms with Gasteiger partial charge in [-0.3, -0.25) is 4.79 Å². The van der Waals surface area contributed by atoms with E-state index in [9.17, 15) is 13.2 Å². The van der Waals surface area contributed by atoms with Gasteiger partial charge in [-0.25, -0.2) is 17.7 Å². The van der Waals surface area contributed by atoms with Gasteiger partial charge in [0, 0.05) is 37.7 Å². The van der Waals surface area contributed by atoms with Crippen molar-refractivity contribution >= 4 is 15.9 Å². The molecule has 1 saturated heterocycles. The zero-order valence-corrected chi connectivity index (χ0v) is 16.6. The first kappa shape index (κ1) is 19.6. The molecule has 7 nitrogen and oxygen atoms in total. The van der Waals surface area contributed by atoms with Crippen molar-refractivity contribution in [2.45, 2.75) is 33.2 Å². The van der Waals surface area contributed by atoms with Gasteiger partial charge in [-0.05, 0) is 44.4 Å². The highest BCUT2D eigenvalue weighted by Crippen LogP contribution is 2.20. The maximum Gasteiger partial charge on any atom is 0.224 e. The number of hydrogen-bond acceptors (Lipinski definition) is 4. The summed E-state index contributed by atoms with van der Waals surface area (Å²) in [5, 5.41) is 2.94. The summed E-state index contributed by atoms with van der Waals surface area (Å²) in [7, 11) is -3.24. The van der Waals surface area contributed by atoms with Crippen molar-refractivity contribution in [1.29, 1.82) is 0 Å². The molecule has 1 aromatic heterocycles. The van der Waals surface area contributed by atoms with Crippen LogP contribution in [-0.4, -0.2) is 47.0 Å². The molecule has 2 aromatic rings. The van der Waals surface area contributed by atoms with Crippen molar-refractivity contribution in [2.75, 3.05) is 18.8 Å². The Bertz CT molecular complexity index is 890. The van der Waals surface area contributed by atoms with E-state index in [0.29, 0.717) is 13.1 Å². The second-order valence-corrected chi connectivity index (χ2v) is 9.08. The number of rotatable bonds is 6. The van der Waals surface area contributed by atoms with Crippen LogP contribution >= 0.6 is 0 Å². The van der Waals surface area contributed by atoms with Crippen LogP contribution in [0.5, 0.6) is 0 Å². The third-order valence-electron chi connectivity index (χ3n) is 5.02. The van der Waals surface area contributed by atoms with Crippen molar-refractivity contribution in [3.05, 3.63) is 48.0 Å². The molecule has 1 N–H and O–H groups in total. The fourth-order valence-electron chi connectivity index (χ4n) is 3.35. The SMILES string of the molecule is CCS(=O)(=O)N1CCC[C@H](C(=O)NCc2ccc(-n3ccnc3C)cc2)C1. The smallest absolute Gasteiger partial charge is 0.224 e. The van der Waals surface area contributed by atoms with E-state index in [2.05, 4.69) is 10.3 Å². The monoisotopic (exact) mass is 390 g/mol. The lowest BCUT2D eigenvalue weighted by Crippen LogP contribution is -2.45.